The van der Waals surface area contributed by atoms with Crippen LogP contribution < -0.4 is 10.1 Å². The van der Waals surface area contributed by atoms with Crippen molar-refractivity contribution in [1.82, 2.24) is 10.3 Å². The van der Waals surface area contributed by atoms with Gasteiger partial charge in [0.15, 0.2) is 0 Å². The first-order chi connectivity index (χ1) is 10.3. The highest BCUT2D eigenvalue weighted by atomic mass is 16.5. The molecule has 0 aliphatic carbocycles. The van der Waals surface area contributed by atoms with Crippen LogP contribution in [0, 0.1) is 0 Å². The summed E-state index contributed by atoms with van der Waals surface area (Å²) in [5, 5.41) is 3.61. The van der Waals surface area contributed by atoms with Crippen molar-refractivity contribution < 1.29 is 4.74 Å². The molecule has 0 fully saturated rings. The van der Waals surface area contributed by atoms with E-state index in [9.17, 15) is 0 Å². The Hall–Kier alpha value is -1.87. The largest absolute Gasteiger partial charge is 0.494 e. The van der Waals surface area contributed by atoms with Gasteiger partial charge < -0.3 is 10.1 Å². The molecule has 1 aromatic heterocycles. The van der Waals surface area contributed by atoms with Crippen molar-refractivity contribution in [3.8, 4) is 5.75 Å². The average Bonchev–Trinajstić information content (AvgIpc) is 2.53. The molecule has 0 amide bonds. The van der Waals surface area contributed by atoms with E-state index >= 15 is 0 Å². The van der Waals surface area contributed by atoms with E-state index < -0.39 is 0 Å². The molecule has 0 spiro atoms. The third kappa shape index (κ3) is 4.87. The Morgan fingerprint density at radius 3 is 2.76 bits per heavy atom. The summed E-state index contributed by atoms with van der Waals surface area (Å²) in [7, 11) is 0. The molecule has 0 saturated carbocycles. The van der Waals surface area contributed by atoms with Gasteiger partial charge in [-0.15, -0.1) is 0 Å². The minimum Gasteiger partial charge on any atom is -0.494 e. The predicted octanol–water partition coefficient (Wildman–Crippen LogP) is 3.76. The molecule has 2 aromatic rings. The molecule has 0 aliphatic heterocycles. The van der Waals surface area contributed by atoms with Crippen LogP contribution in [0.15, 0.2) is 48.7 Å². The van der Waals surface area contributed by atoms with Crippen molar-refractivity contribution in [3.63, 3.8) is 0 Å². The maximum Gasteiger partial charge on any atom is 0.119 e. The second-order valence-electron chi connectivity index (χ2n) is 5.04. The molecule has 0 saturated heterocycles. The molecule has 1 aromatic carbocycles. The van der Waals surface area contributed by atoms with Gasteiger partial charge in [-0.2, -0.15) is 0 Å². The number of hydrogen-bond acceptors (Lipinski definition) is 3. The van der Waals surface area contributed by atoms with Crippen molar-refractivity contribution in [2.45, 2.75) is 32.7 Å². The Bertz CT molecular complexity index is 528. The summed E-state index contributed by atoms with van der Waals surface area (Å²) >= 11 is 0. The molecule has 21 heavy (non-hydrogen) atoms. The van der Waals surface area contributed by atoms with Crippen LogP contribution in [0.1, 0.15) is 37.6 Å². The van der Waals surface area contributed by atoms with E-state index in [-0.39, 0.29) is 6.04 Å². The van der Waals surface area contributed by atoms with Gasteiger partial charge in [-0.1, -0.05) is 25.1 Å². The standard InChI is InChI=1S/C18H24N2O/c1-3-11-20-18(14-16-9-5-6-12-19-16)15-8-7-10-17(13-15)21-4-2/h5-10,12-13,18,20H,3-4,11,14H2,1-2H3. The lowest BCUT2D eigenvalue weighted by Gasteiger charge is -2.19. The highest BCUT2D eigenvalue weighted by molar-refractivity contribution is 5.31. The summed E-state index contributed by atoms with van der Waals surface area (Å²) < 4.78 is 5.61. The quantitative estimate of drug-likeness (QED) is 0.801. The van der Waals surface area contributed by atoms with Crippen molar-refractivity contribution in [1.29, 1.82) is 0 Å². The van der Waals surface area contributed by atoms with Gasteiger partial charge in [0.1, 0.15) is 5.75 Å². The Labute approximate surface area is 127 Å². The van der Waals surface area contributed by atoms with Crippen LogP contribution in [-0.2, 0) is 6.42 Å². The first-order valence-corrected chi connectivity index (χ1v) is 7.69. The number of rotatable bonds is 8. The van der Waals surface area contributed by atoms with Crippen LogP contribution in [-0.4, -0.2) is 18.1 Å². The molecule has 3 nitrogen and oxygen atoms in total. The summed E-state index contributed by atoms with van der Waals surface area (Å²) in [5.41, 5.74) is 2.35. The topological polar surface area (TPSA) is 34.2 Å². The number of pyridine rings is 1. The summed E-state index contributed by atoms with van der Waals surface area (Å²) in [6.45, 7) is 5.88. The van der Waals surface area contributed by atoms with Gasteiger partial charge in [0.25, 0.3) is 0 Å². The van der Waals surface area contributed by atoms with Gasteiger partial charge in [-0.25, -0.2) is 0 Å². The summed E-state index contributed by atoms with van der Waals surface area (Å²) in [6.07, 6.45) is 3.85. The van der Waals surface area contributed by atoms with Crippen LogP contribution in [0.3, 0.4) is 0 Å². The van der Waals surface area contributed by atoms with Crippen LogP contribution >= 0.6 is 0 Å². The number of ether oxygens (including phenoxy) is 1. The minimum atomic E-state index is 0.264. The molecule has 1 atom stereocenters. The fourth-order valence-corrected chi connectivity index (χ4v) is 2.34. The lowest BCUT2D eigenvalue weighted by atomic mass is 10.0. The van der Waals surface area contributed by atoms with E-state index in [1.807, 2.05) is 31.3 Å². The fraction of sp³-hybridized carbons (Fsp3) is 0.389. The van der Waals surface area contributed by atoms with E-state index in [1.54, 1.807) is 0 Å². The number of hydrogen-bond donors (Lipinski definition) is 1. The Morgan fingerprint density at radius 2 is 2.05 bits per heavy atom. The van der Waals surface area contributed by atoms with Gasteiger partial charge in [0, 0.05) is 24.4 Å². The van der Waals surface area contributed by atoms with Crippen LogP contribution in [0.5, 0.6) is 5.75 Å². The maximum absolute atomic E-state index is 5.61. The second-order valence-corrected chi connectivity index (χ2v) is 5.04. The van der Waals surface area contributed by atoms with Crippen LogP contribution in [0.2, 0.25) is 0 Å². The third-order valence-electron chi connectivity index (χ3n) is 3.35. The molecular weight excluding hydrogens is 260 g/mol. The van der Waals surface area contributed by atoms with Gasteiger partial charge in [0.2, 0.25) is 0 Å². The first kappa shape index (κ1) is 15.5. The van der Waals surface area contributed by atoms with E-state index in [0.717, 1.165) is 30.8 Å². The zero-order chi connectivity index (χ0) is 14.9. The molecule has 1 heterocycles. The number of nitrogens with one attached hydrogen (secondary N) is 1. The monoisotopic (exact) mass is 284 g/mol. The molecule has 2 rings (SSSR count). The zero-order valence-corrected chi connectivity index (χ0v) is 12.9. The van der Waals surface area contributed by atoms with E-state index in [0.29, 0.717) is 6.61 Å². The minimum absolute atomic E-state index is 0.264. The van der Waals surface area contributed by atoms with Gasteiger partial charge in [-0.3, -0.25) is 4.98 Å². The van der Waals surface area contributed by atoms with E-state index in [2.05, 4.69) is 41.5 Å². The van der Waals surface area contributed by atoms with Gasteiger partial charge >= 0.3 is 0 Å². The fourth-order valence-electron chi connectivity index (χ4n) is 2.34. The van der Waals surface area contributed by atoms with Gasteiger partial charge in [0.05, 0.1) is 6.61 Å². The molecule has 0 radical (unpaired) electrons. The molecule has 0 aliphatic rings. The highest BCUT2D eigenvalue weighted by Crippen LogP contribution is 2.22. The van der Waals surface area contributed by atoms with Crippen LogP contribution in [0.25, 0.3) is 0 Å². The number of nitrogens with zero attached hydrogens (tertiary/aromatic N) is 1. The number of benzene rings is 1. The lowest BCUT2D eigenvalue weighted by molar-refractivity contribution is 0.339. The Morgan fingerprint density at radius 1 is 1.14 bits per heavy atom. The summed E-state index contributed by atoms with van der Waals surface area (Å²) in [4.78, 5) is 4.44. The van der Waals surface area contributed by atoms with Crippen molar-refractivity contribution in [3.05, 3.63) is 59.9 Å². The predicted molar refractivity (Wildman–Crippen MR) is 86.6 cm³/mol. The molecule has 1 N–H and O–H groups in total. The van der Waals surface area contributed by atoms with Gasteiger partial charge in [-0.05, 0) is 49.7 Å². The molecule has 3 heteroatoms. The normalized spacial score (nSPS) is 12.1. The Kier molecular flexibility index (Phi) is 6.22. The Balaban J connectivity index is 2.16. The molecule has 1 unspecified atom stereocenters. The lowest BCUT2D eigenvalue weighted by Crippen LogP contribution is -2.24. The first-order valence-electron chi connectivity index (χ1n) is 7.69. The maximum atomic E-state index is 5.61. The molecular formula is C18H24N2O. The SMILES string of the molecule is CCCNC(Cc1ccccn1)c1cccc(OCC)c1. The van der Waals surface area contributed by atoms with E-state index in [1.165, 1.54) is 5.56 Å². The molecule has 112 valence electrons. The summed E-state index contributed by atoms with van der Waals surface area (Å²) in [5.74, 6) is 0.930. The average molecular weight is 284 g/mol. The van der Waals surface area contributed by atoms with Crippen molar-refractivity contribution in [2.75, 3.05) is 13.2 Å². The van der Waals surface area contributed by atoms with Crippen molar-refractivity contribution >= 4 is 0 Å². The molecule has 0 bridgehead atoms. The zero-order valence-electron chi connectivity index (χ0n) is 12.9. The van der Waals surface area contributed by atoms with Crippen molar-refractivity contribution in [2.24, 2.45) is 0 Å². The smallest absolute Gasteiger partial charge is 0.119 e. The van der Waals surface area contributed by atoms with Crippen LogP contribution in [0.4, 0.5) is 0 Å². The summed E-state index contributed by atoms with van der Waals surface area (Å²) in [6, 6.07) is 14.7. The third-order valence-corrected chi connectivity index (χ3v) is 3.35. The highest BCUT2D eigenvalue weighted by Gasteiger charge is 2.13. The second kappa shape index (κ2) is 8.42. The number of aromatic nitrogens is 1. The van der Waals surface area contributed by atoms with E-state index in [4.69, 9.17) is 4.74 Å².